The Bertz CT molecular complexity index is 3230. The minimum absolute atomic E-state index is 0.596. The minimum atomic E-state index is 0.596. The van der Waals surface area contributed by atoms with Crippen molar-refractivity contribution in [3.8, 4) is 51.0 Å². The van der Waals surface area contributed by atoms with Crippen LogP contribution < -0.4 is 0 Å². The molecule has 0 unspecified atom stereocenters. The van der Waals surface area contributed by atoms with E-state index in [1.54, 1.807) is 0 Å². The first kappa shape index (κ1) is 30.3. The maximum absolute atomic E-state index is 6.25. The molecule has 0 atom stereocenters. The first-order chi connectivity index (χ1) is 26.7. The average molecular weight is 691 g/mol. The molecule has 5 nitrogen and oxygen atoms in total. The number of fused-ring (bicyclic) bond motifs is 7. The fourth-order valence-corrected chi connectivity index (χ4v) is 7.88. The molecule has 3 aromatic heterocycles. The highest BCUT2D eigenvalue weighted by Gasteiger charge is 2.19. The molecule has 0 bridgehead atoms. The third-order valence-electron chi connectivity index (χ3n) is 10.4. The van der Waals surface area contributed by atoms with Gasteiger partial charge in [0.05, 0.1) is 11.0 Å². The van der Waals surface area contributed by atoms with Crippen LogP contribution >= 0.6 is 0 Å². The molecule has 0 N–H and O–H groups in total. The Morgan fingerprint density at radius 3 is 1.93 bits per heavy atom. The fraction of sp³-hybridized carbons (Fsp3) is 0. The summed E-state index contributed by atoms with van der Waals surface area (Å²) in [6, 6.07) is 63.5. The van der Waals surface area contributed by atoms with E-state index in [2.05, 4.69) is 126 Å². The predicted octanol–water partition coefficient (Wildman–Crippen LogP) is 12.7. The van der Waals surface area contributed by atoms with Gasteiger partial charge in [-0.25, -0.2) is 15.0 Å². The van der Waals surface area contributed by atoms with Crippen LogP contribution in [-0.2, 0) is 0 Å². The second-order valence-electron chi connectivity index (χ2n) is 13.6. The van der Waals surface area contributed by atoms with E-state index in [4.69, 9.17) is 19.4 Å². The molecule has 0 aliphatic carbocycles. The lowest BCUT2D eigenvalue weighted by Crippen LogP contribution is -2.01. The monoisotopic (exact) mass is 690 g/mol. The number of para-hydroxylation sites is 2. The van der Waals surface area contributed by atoms with Crippen molar-refractivity contribution in [3.05, 3.63) is 182 Å². The van der Waals surface area contributed by atoms with E-state index in [0.29, 0.717) is 17.5 Å². The topological polar surface area (TPSA) is 56.7 Å². The van der Waals surface area contributed by atoms with E-state index in [-0.39, 0.29) is 0 Å². The summed E-state index contributed by atoms with van der Waals surface area (Å²) in [5, 5.41) is 6.90. The lowest BCUT2D eigenvalue weighted by molar-refractivity contribution is 0.669. The standard InChI is InChI=1S/C49H30N4O/c1-2-13-32(14-3-1)47-50-48(52-49(51-47)41-20-11-23-45-46(41)40-19-7-9-22-44(40)54-45)36-16-10-17-37(29-36)53-42-21-8-6-18-38(42)39-27-26-35(30-43(39)53)34-25-24-31-12-4-5-15-33(31)28-34/h1-30H. The van der Waals surface area contributed by atoms with Crippen molar-refractivity contribution in [2.75, 3.05) is 0 Å². The van der Waals surface area contributed by atoms with E-state index in [1.165, 1.54) is 32.7 Å². The van der Waals surface area contributed by atoms with Gasteiger partial charge in [-0.1, -0.05) is 140 Å². The molecule has 8 aromatic carbocycles. The van der Waals surface area contributed by atoms with E-state index < -0.39 is 0 Å². The summed E-state index contributed by atoms with van der Waals surface area (Å²) >= 11 is 0. The SMILES string of the molecule is c1ccc(-c2nc(-c3cccc(-n4c5ccccc5c5ccc(-c6ccc7ccccc7c6)cc54)c3)nc(-c3cccc4oc5ccccc5c34)n2)cc1. The minimum Gasteiger partial charge on any atom is -0.456 e. The Hall–Kier alpha value is -7.37. The smallest absolute Gasteiger partial charge is 0.164 e. The van der Waals surface area contributed by atoms with Crippen LogP contribution in [0.5, 0.6) is 0 Å². The van der Waals surface area contributed by atoms with Crippen LogP contribution in [0.25, 0.3) is 105 Å². The first-order valence-electron chi connectivity index (χ1n) is 18.1. The number of hydrogen-bond donors (Lipinski definition) is 0. The molecule has 0 radical (unpaired) electrons. The fourth-order valence-electron chi connectivity index (χ4n) is 7.88. The highest BCUT2D eigenvalue weighted by molar-refractivity contribution is 6.12. The molecule has 0 fully saturated rings. The molecule has 0 amide bonds. The summed E-state index contributed by atoms with van der Waals surface area (Å²) in [6.07, 6.45) is 0. The molecule has 0 aliphatic heterocycles. The largest absolute Gasteiger partial charge is 0.456 e. The third-order valence-corrected chi connectivity index (χ3v) is 10.4. The molecule has 54 heavy (non-hydrogen) atoms. The summed E-state index contributed by atoms with van der Waals surface area (Å²) < 4.78 is 8.61. The van der Waals surface area contributed by atoms with Gasteiger partial charge in [-0.3, -0.25) is 0 Å². The van der Waals surface area contributed by atoms with Crippen molar-refractivity contribution in [1.29, 1.82) is 0 Å². The van der Waals surface area contributed by atoms with Gasteiger partial charge in [0.15, 0.2) is 17.5 Å². The highest BCUT2D eigenvalue weighted by Crippen LogP contribution is 2.38. The number of furan rings is 1. The Morgan fingerprint density at radius 2 is 1.02 bits per heavy atom. The summed E-state index contributed by atoms with van der Waals surface area (Å²) in [7, 11) is 0. The maximum Gasteiger partial charge on any atom is 0.164 e. The van der Waals surface area contributed by atoms with Gasteiger partial charge in [0.25, 0.3) is 0 Å². The summed E-state index contributed by atoms with van der Waals surface area (Å²) in [6.45, 7) is 0. The molecular formula is C49H30N4O. The molecule has 5 heteroatoms. The van der Waals surface area contributed by atoms with Crippen LogP contribution in [-0.4, -0.2) is 19.5 Å². The van der Waals surface area contributed by atoms with Crippen molar-refractivity contribution in [2.24, 2.45) is 0 Å². The molecule has 11 rings (SSSR count). The second kappa shape index (κ2) is 12.1. The Labute approximate surface area is 310 Å². The number of aromatic nitrogens is 4. The Balaban J connectivity index is 1.11. The molecule has 0 saturated heterocycles. The normalized spacial score (nSPS) is 11.7. The Kier molecular flexibility index (Phi) is 6.79. The lowest BCUT2D eigenvalue weighted by atomic mass is 10.00. The predicted molar refractivity (Wildman–Crippen MR) is 221 cm³/mol. The molecule has 3 heterocycles. The quantitative estimate of drug-likeness (QED) is 0.180. The van der Waals surface area contributed by atoms with Crippen LogP contribution in [0.1, 0.15) is 0 Å². The van der Waals surface area contributed by atoms with Gasteiger partial charge >= 0.3 is 0 Å². The molecule has 0 saturated carbocycles. The summed E-state index contributed by atoms with van der Waals surface area (Å²) in [5.74, 6) is 1.81. The van der Waals surface area contributed by atoms with Crippen LogP contribution in [0, 0.1) is 0 Å². The van der Waals surface area contributed by atoms with Crippen molar-refractivity contribution >= 4 is 54.5 Å². The van der Waals surface area contributed by atoms with Gasteiger partial charge in [-0.05, 0) is 64.4 Å². The zero-order valence-corrected chi connectivity index (χ0v) is 29.0. The van der Waals surface area contributed by atoms with Gasteiger partial charge in [0.2, 0.25) is 0 Å². The van der Waals surface area contributed by atoms with Crippen molar-refractivity contribution in [1.82, 2.24) is 19.5 Å². The zero-order chi connectivity index (χ0) is 35.6. The van der Waals surface area contributed by atoms with E-state index in [1.807, 2.05) is 60.7 Å². The first-order valence-corrected chi connectivity index (χ1v) is 18.1. The number of benzene rings is 8. The van der Waals surface area contributed by atoms with Crippen LogP contribution in [0.4, 0.5) is 0 Å². The summed E-state index contributed by atoms with van der Waals surface area (Å²) in [4.78, 5) is 15.4. The highest BCUT2D eigenvalue weighted by atomic mass is 16.3. The van der Waals surface area contributed by atoms with Gasteiger partial charge in [0.1, 0.15) is 11.2 Å². The molecule has 0 aliphatic rings. The number of nitrogens with zero attached hydrogens (tertiary/aromatic N) is 4. The van der Waals surface area contributed by atoms with Crippen LogP contribution in [0.15, 0.2) is 186 Å². The van der Waals surface area contributed by atoms with Crippen LogP contribution in [0.3, 0.4) is 0 Å². The molecule has 0 spiro atoms. The van der Waals surface area contributed by atoms with E-state index in [9.17, 15) is 0 Å². The van der Waals surface area contributed by atoms with Gasteiger partial charge in [-0.15, -0.1) is 0 Å². The van der Waals surface area contributed by atoms with Gasteiger partial charge in [-0.2, -0.15) is 0 Å². The molecule has 11 aromatic rings. The van der Waals surface area contributed by atoms with Crippen molar-refractivity contribution < 1.29 is 4.42 Å². The average Bonchev–Trinajstić information content (AvgIpc) is 3.79. The molecular weight excluding hydrogens is 661 g/mol. The maximum atomic E-state index is 6.25. The number of rotatable bonds is 5. The van der Waals surface area contributed by atoms with Gasteiger partial charge < -0.3 is 8.98 Å². The summed E-state index contributed by atoms with van der Waals surface area (Å²) in [5.41, 5.74) is 10.0. The van der Waals surface area contributed by atoms with E-state index in [0.717, 1.165) is 55.3 Å². The zero-order valence-electron chi connectivity index (χ0n) is 29.0. The lowest BCUT2D eigenvalue weighted by Gasteiger charge is -2.12. The van der Waals surface area contributed by atoms with Crippen LogP contribution in [0.2, 0.25) is 0 Å². The second-order valence-corrected chi connectivity index (χ2v) is 13.6. The third kappa shape index (κ3) is 4.90. The van der Waals surface area contributed by atoms with Crippen molar-refractivity contribution in [2.45, 2.75) is 0 Å². The number of hydrogen-bond acceptors (Lipinski definition) is 4. The molecule has 252 valence electrons. The van der Waals surface area contributed by atoms with Crippen molar-refractivity contribution in [3.63, 3.8) is 0 Å². The van der Waals surface area contributed by atoms with Gasteiger partial charge in [0, 0.05) is 43.9 Å². The Morgan fingerprint density at radius 1 is 0.370 bits per heavy atom. The van der Waals surface area contributed by atoms with E-state index >= 15 is 0 Å².